The van der Waals surface area contributed by atoms with E-state index in [0.717, 1.165) is 17.1 Å². The highest BCUT2D eigenvalue weighted by Crippen LogP contribution is 2.28. The molecule has 108 valence electrons. The molecular weight excluding hydrogens is 264 g/mol. The molecule has 0 spiro atoms. The van der Waals surface area contributed by atoms with Crippen molar-refractivity contribution in [3.63, 3.8) is 0 Å². The summed E-state index contributed by atoms with van der Waals surface area (Å²) in [5.41, 5.74) is 2.54. The summed E-state index contributed by atoms with van der Waals surface area (Å²) in [6.45, 7) is 8.67. The van der Waals surface area contributed by atoms with Crippen LogP contribution in [0.3, 0.4) is 0 Å². The number of benzene rings is 1. The zero-order valence-corrected chi connectivity index (χ0v) is 13.6. The first-order valence-electron chi connectivity index (χ1n) is 7.36. The second kappa shape index (κ2) is 7.00. The smallest absolute Gasteiger partial charge is 0.0900 e. The van der Waals surface area contributed by atoms with Gasteiger partial charge in [0.15, 0.2) is 0 Å². The minimum absolute atomic E-state index is 0.345. The lowest BCUT2D eigenvalue weighted by Crippen LogP contribution is -2.24. The van der Waals surface area contributed by atoms with Gasteiger partial charge in [-0.1, -0.05) is 43.7 Å². The van der Waals surface area contributed by atoms with Crippen LogP contribution in [0.25, 0.3) is 0 Å². The fourth-order valence-electron chi connectivity index (χ4n) is 2.65. The van der Waals surface area contributed by atoms with E-state index in [2.05, 4.69) is 68.3 Å². The van der Waals surface area contributed by atoms with Gasteiger partial charge in [0.1, 0.15) is 0 Å². The van der Waals surface area contributed by atoms with Crippen LogP contribution in [0.5, 0.6) is 0 Å². The van der Waals surface area contributed by atoms with Crippen LogP contribution in [0.1, 0.15) is 59.9 Å². The van der Waals surface area contributed by atoms with E-state index in [1.165, 1.54) is 16.9 Å². The average Bonchev–Trinajstić information content (AvgIpc) is 2.78. The van der Waals surface area contributed by atoms with Crippen LogP contribution in [0.2, 0.25) is 0 Å². The molecule has 2 nitrogen and oxygen atoms in total. The molecule has 20 heavy (non-hydrogen) atoms. The largest absolute Gasteiger partial charge is 0.303 e. The monoisotopic (exact) mass is 288 g/mol. The molecule has 3 heteroatoms. The highest BCUT2D eigenvalue weighted by Gasteiger charge is 2.18. The second-order valence-electron chi connectivity index (χ2n) is 5.32. The maximum Gasteiger partial charge on any atom is 0.0900 e. The molecular formula is C17H24N2S. The molecule has 0 fully saturated rings. The van der Waals surface area contributed by atoms with E-state index in [1.54, 1.807) is 11.3 Å². The summed E-state index contributed by atoms with van der Waals surface area (Å²) >= 11 is 1.80. The van der Waals surface area contributed by atoms with Gasteiger partial charge in [0.2, 0.25) is 0 Å². The number of rotatable bonds is 6. The summed E-state index contributed by atoms with van der Waals surface area (Å²) < 4.78 is 0. The Kier molecular flexibility index (Phi) is 5.32. The summed E-state index contributed by atoms with van der Waals surface area (Å²) in [7, 11) is 0. The van der Waals surface area contributed by atoms with E-state index < -0.39 is 0 Å². The minimum atomic E-state index is 0.345. The third kappa shape index (κ3) is 3.68. The standard InChI is InChI=1S/C17H24N2S/c1-5-9-16(15-10-7-6-8-11-15)19-13(3)17-12(2)18-14(4)20-17/h6-8,10-11,13,16,19H,5,9H2,1-4H3. The van der Waals surface area contributed by atoms with Crippen molar-refractivity contribution in [1.29, 1.82) is 0 Å². The Labute approximate surface area is 126 Å². The molecule has 2 atom stereocenters. The van der Waals surface area contributed by atoms with Crippen LogP contribution in [0.15, 0.2) is 30.3 Å². The van der Waals surface area contributed by atoms with Gasteiger partial charge >= 0.3 is 0 Å². The molecule has 0 saturated heterocycles. The second-order valence-corrected chi connectivity index (χ2v) is 6.56. The Bertz CT molecular complexity index is 533. The van der Waals surface area contributed by atoms with E-state index in [-0.39, 0.29) is 0 Å². The summed E-state index contributed by atoms with van der Waals surface area (Å²) in [5, 5.41) is 4.93. The molecule has 1 aromatic carbocycles. The summed E-state index contributed by atoms with van der Waals surface area (Å²) in [6.07, 6.45) is 2.34. The number of nitrogens with zero attached hydrogens (tertiary/aromatic N) is 1. The predicted molar refractivity (Wildman–Crippen MR) is 87.2 cm³/mol. The van der Waals surface area contributed by atoms with Gasteiger partial charge in [-0.05, 0) is 32.8 Å². The SMILES string of the molecule is CCCC(NC(C)c1sc(C)nc1C)c1ccccc1. The van der Waals surface area contributed by atoms with Gasteiger partial charge in [-0.15, -0.1) is 11.3 Å². The highest BCUT2D eigenvalue weighted by molar-refractivity contribution is 7.11. The zero-order chi connectivity index (χ0) is 14.5. The molecule has 1 aromatic heterocycles. The van der Waals surface area contributed by atoms with Gasteiger partial charge in [0, 0.05) is 17.0 Å². The van der Waals surface area contributed by atoms with E-state index in [9.17, 15) is 0 Å². The van der Waals surface area contributed by atoms with Crippen molar-refractivity contribution in [2.45, 2.75) is 52.6 Å². The quantitative estimate of drug-likeness (QED) is 0.813. The maximum atomic E-state index is 4.54. The van der Waals surface area contributed by atoms with E-state index >= 15 is 0 Å². The molecule has 0 radical (unpaired) electrons. The van der Waals surface area contributed by atoms with Gasteiger partial charge in [0.05, 0.1) is 10.7 Å². The fraction of sp³-hybridized carbons (Fsp3) is 0.471. The van der Waals surface area contributed by atoms with Gasteiger partial charge in [-0.3, -0.25) is 0 Å². The van der Waals surface area contributed by atoms with Crippen molar-refractivity contribution in [2.75, 3.05) is 0 Å². The molecule has 0 aliphatic heterocycles. The molecule has 0 bridgehead atoms. The predicted octanol–water partition coefficient (Wildman–Crippen LogP) is 4.95. The fourth-order valence-corrected chi connectivity index (χ4v) is 3.59. The number of aromatic nitrogens is 1. The van der Waals surface area contributed by atoms with E-state index in [4.69, 9.17) is 0 Å². The molecule has 2 unspecified atom stereocenters. The Balaban J connectivity index is 2.14. The number of aryl methyl sites for hydroxylation is 2. The van der Waals surface area contributed by atoms with Crippen LogP contribution >= 0.6 is 11.3 Å². The Morgan fingerprint density at radius 1 is 1.20 bits per heavy atom. The molecule has 1 heterocycles. The number of thiazole rings is 1. The first-order chi connectivity index (χ1) is 9.61. The van der Waals surface area contributed by atoms with Crippen molar-refractivity contribution < 1.29 is 0 Å². The Morgan fingerprint density at radius 2 is 1.90 bits per heavy atom. The van der Waals surface area contributed by atoms with Gasteiger partial charge in [0.25, 0.3) is 0 Å². The van der Waals surface area contributed by atoms with Crippen LogP contribution < -0.4 is 5.32 Å². The van der Waals surface area contributed by atoms with Gasteiger partial charge in [-0.25, -0.2) is 4.98 Å². The lowest BCUT2D eigenvalue weighted by Gasteiger charge is -2.23. The van der Waals surface area contributed by atoms with Crippen molar-refractivity contribution in [1.82, 2.24) is 10.3 Å². The average molecular weight is 288 g/mol. The van der Waals surface area contributed by atoms with Gasteiger partial charge in [-0.2, -0.15) is 0 Å². The van der Waals surface area contributed by atoms with Crippen LogP contribution in [0, 0.1) is 13.8 Å². The van der Waals surface area contributed by atoms with E-state index in [1.807, 2.05) is 0 Å². The summed E-state index contributed by atoms with van der Waals surface area (Å²) in [6, 6.07) is 11.5. The Hall–Kier alpha value is -1.19. The molecule has 2 aromatic rings. The van der Waals surface area contributed by atoms with Crippen LogP contribution in [-0.2, 0) is 0 Å². The van der Waals surface area contributed by atoms with E-state index in [0.29, 0.717) is 12.1 Å². The molecule has 1 N–H and O–H groups in total. The minimum Gasteiger partial charge on any atom is -0.303 e. The lowest BCUT2D eigenvalue weighted by molar-refractivity contribution is 0.442. The topological polar surface area (TPSA) is 24.9 Å². The zero-order valence-electron chi connectivity index (χ0n) is 12.8. The molecule has 0 amide bonds. The number of hydrogen-bond acceptors (Lipinski definition) is 3. The molecule has 0 saturated carbocycles. The molecule has 0 aliphatic carbocycles. The number of nitrogens with one attached hydrogen (secondary N) is 1. The summed E-state index contributed by atoms with van der Waals surface area (Å²) in [4.78, 5) is 5.90. The van der Waals surface area contributed by atoms with Crippen molar-refractivity contribution in [3.8, 4) is 0 Å². The lowest BCUT2D eigenvalue weighted by atomic mass is 10.0. The van der Waals surface area contributed by atoms with Gasteiger partial charge < -0.3 is 5.32 Å². The maximum absolute atomic E-state index is 4.54. The van der Waals surface area contributed by atoms with Crippen molar-refractivity contribution in [3.05, 3.63) is 51.5 Å². The molecule has 0 aliphatic rings. The highest BCUT2D eigenvalue weighted by atomic mass is 32.1. The first kappa shape index (κ1) is 15.2. The van der Waals surface area contributed by atoms with Crippen molar-refractivity contribution in [2.24, 2.45) is 0 Å². The third-order valence-corrected chi connectivity index (χ3v) is 4.82. The van der Waals surface area contributed by atoms with Crippen molar-refractivity contribution >= 4 is 11.3 Å². The normalized spacial score (nSPS) is 14.2. The summed E-state index contributed by atoms with van der Waals surface area (Å²) in [5.74, 6) is 0. The first-order valence-corrected chi connectivity index (χ1v) is 8.18. The number of hydrogen-bond donors (Lipinski definition) is 1. The van der Waals surface area contributed by atoms with Crippen LogP contribution in [-0.4, -0.2) is 4.98 Å². The third-order valence-electron chi connectivity index (χ3n) is 3.56. The van der Waals surface area contributed by atoms with Crippen LogP contribution in [0.4, 0.5) is 0 Å². The molecule has 2 rings (SSSR count). The Morgan fingerprint density at radius 3 is 2.45 bits per heavy atom.